The van der Waals surface area contributed by atoms with Gasteiger partial charge in [-0.3, -0.25) is 4.68 Å². The van der Waals surface area contributed by atoms with E-state index in [1.54, 1.807) is 4.68 Å². The largest absolute Gasteiger partial charge is 0.393 e. The van der Waals surface area contributed by atoms with E-state index in [4.69, 9.17) is 5.73 Å². The maximum absolute atomic E-state index is 12.6. The van der Waals surface area contributed by atoms with Crippen molar-refractivity contribution in [3.8, 4) is 0 Å². The molecular formula is C12H22N4O3S. The van der Waals surface area contributed by atoms with Crippen LogP contribution in [0.25, 0.3) is 0 Å². The Kier molecular flexibility index (Phi) is 4.36. The number of hydrogen-bond donors (Lipinski definition) is 2. The van der Waals surface area contributed by atoms with Gasteiger partial charge in [0.05, 0.1) is 6.10 Å². The first-order valence-corrected chi connectivity index (χ1v) is 8.31. The van der Waals surface area contributed by atoms with Gasteiger partial charge in [0.15, 0.2) is 5.82 Å². The number of aliphatic hydroxyl groups excluding tert-OH is 1. The number of nitrogen functional groups attached to an aromatic ring is 1. The average Bonchev–Trinajstić information content (AvgIpc) is 2.75. The molecule has 0 amide bonds. The summed E-state index contributed by atoms with van der Waals surface area (Å²) >= 11 is 0. The zero-order valence-electron chi connectivity index (χ0n) is 11.9. The van der Waals surface area contributed by atoms with Crippen molar-refractivity contribution >= 4 is 15.8 Å². The van der Waals surface area contributed by atoms with E-state index in [2.05, 4.69) is 5.10 Å². The molecule has 1 aromatic rings. The first-order chi connectivity index (χ1) is 9.36. The van der Waals surface area contributed by atoms with Crippen LogP contribution in [0.2, 0.25) is 0 Å². The van der Waals surface area contributed by atoms with Gasteiger partial charge in [-0.05, 0) is 18.8 Å². The highest BCUT2D eigenvalue weighted by Crippen LogP contribution is 2.26. The molecule has 114 valence electrons. The van der Waals surface area contributed by atoms with Crippen molar-refractivity contribution in [3.05, 3.63) is 6.20 Å². The Morgan fingerprint density at radius 2 is 2.25 bits per heavy atom. The van der Waals surface area contributed by atoms with E-state index in [-0.39, 0.29) is 16.6 Å². The fourth-order valence-electron chi connectivity index (χ4n) is 2.41. The van der Waals surface area contributed by atoms with Gasteiger partial charge in [0.1, 0.15) is 4.90 Å². The third-order valence-corrected chi connectivity index (χ3v) is 5.53. The van der Waals surface area contributed by atoms with E-state index in [0.29, 0.717) is 26.1 Å². The molecule has 0 radical (unpaired) electrons. The van der Waals surface area contributed by atoms with Crippen LogP contribution in [0, 0.1) is 5.92 Å². The normalized spacial score (nSPS) is 24.9. The van der Waals surface area contributed by atoms with Crippen LogP contribution in [0.4, 0.5) is 5.82 Å². The topological polar surface area (TPSA) is 101 Å². The molecule has 0 saturated carbocycles. The molecule has 8 heteroatoms. The van der Waals surface area contributed by atoms with Crippen LogP contribution in [0.1, 0.15) is 26.7 Å². The van der Waals surface area contributed by atoms with Crippen molar-refractivity contribution in [2.24, 2.45) is 5.92 Å². The van der Waals surface area contributed by atoms with Gasteiger partial charge in [-0.15, -0.1) is 0 Å². The van der Waals surface area contributed by atoms with Crippen molar-refractivity contribution in [1.82, 2.24) is 14.1 Å². The summed E-state index contributed by atoms with van der Waals surface area (Å²) in [5, 5.41) is 13.7. The zero-order chi connectivity index (χ0) is 14.9. The summed E-state index contributed by atoms with van der Waals surface area (Å²) in [4.78, 5) is 0.0644. The molecule has 0 spiro atoms. The summed E-state index contributed by atoms with van der Waals surface area (Å²) in [5.41, 5.74) is 5.74. The number of aromatic nitrogens is 2. The number of hydrogen-bond acceptors (Lipinski definition) is 5. The SMILES string of the molecule is CCCn1cc(S(=O)(=O)N2CCC(O)C(C)C2)c(N)n1. The monoisotopic (exact) mass is 302 g/mol. The smallest absolute Gasteiger partial charge is 0.248 e. The second-order valence-electron chi connectivity index (χ2n) is 5.34. The molecule has 0 bridgehead atoms. The molecule has 0 aliphatic carbocycles. The molecule has 1 saturated heterocycles. The van der Waals surface area contributed by atoms with E-state index in [1.807, 2.05) is 13.8 Å². The molecule has 1 aliphatic rings. The average molecular weight is 302 g/mol. The fraction of sp³-hybridized carbons (Fsp3) is 0.750. The predicted octanol–water partition coefficient (Wildman–Crippen LogP) is 0.267. The predicted molar refractivity (Wildman–Crippen MR) is 75.5 cm³/mol. The molecule has 2 atom stereocenters. The van der Waals surface area contributed by atoms with Crippen LogP contribution in [-0.2, 0) is 16.6 Å². The number of rotatable bonds is 4. The molecule has 2 unspecified atom stereocenters. The summed E-state index contributed by atoms with van der Waals surface area (Å²) in [6.45, 7) is 5.08. The molecule has 2 heterocycles. The third kappa shape index (κ3) is 2.82. The Bertz CT molecular complexity index is 569. The minimum Gasteiger partial charge on any atom is -0.393 e. The van der Waals surface area contributed by atoms with Crippen LogP contribution in [-0.4, -0.2) is 46.8 Å². The molecule has 20 heavy (non-hydrogen) atoms. The summed E-state index contributed by atoms with van der Waals surface area (Å²) in [5.74, 6) is -0.0392. The molecule has 1 aliphatic heterocycles. The number of anilines is 1. The number of aliphatic hydroxyl groups is 1. The van der Waals surface area contributed by atoms with Crippen LogP contribution < -0.4 is 5.73 Å². The summed E-state index contributed by atoms with van der Waals surface area (Å²) in [7, 11) is -3.63. The maximum Gasteiger partial charge on any atom is 0.248 e. The van der Waals surface area contributed by atoms with E-state index >= 15 is 0 Å². The van der Waals surface area contributed by atoms with Crippen LogP contribution in [0.15, 0.2) is 11.1 Å². The molecule has 7 nitrogen and oxygen atoms in total. The van der Waals surface area contributed by atoms with Crippen molar-refractivity contribution in [3.63, 3.8) is 0 Å². The van der Waals surface area contributed by atoms with E-state index in [0.717, 1.165) is 6.42 Å². The Morgan fingerprint density at radius 3 is 2.85 bits per heavy atom. The van der Waals surface area contributed by atoms with Gasteiger partial charge in [0.25, 0.3) is 0 Å². The molecule has 2 rings (SSSR count). The van der Waals surface area contributed by atoms with Crippen LogP contribution in [0.5, 0.6) is 0 Å². The molecule has 0 aromatic carbocycles. The maximum atomic E-state index is 12.6. The van der Waals surface area contributed by atoms with Gasteiger partial charge < -0.3 is 10.8 Å². The Hall–Kier alpha value is -1.12. The number of sulfonamides is 1. The van der Waals surface area contributed by atoms with Gasteiger partial charge >= 0.3 is 0 Å². The van der Waals surface area contributed by atoms with Crippen molar-refractivity contribution in [2.75, 3.05) is 18.8 Å². The second-order valence-corrected chi connectivity index (χ2v) is 7.24. The zero-order valence-corrected chi connectivity index (χ0v) is 12.7. The lowest BCUT2D eigenvalue weighted by Gasteiger charge is -2.33. The number of aryl methyl sites for hydroxylation is 1. The summed E-state index contributed by atoms with van der Waals surface area (Å²) < 4.78 is 28.1. The molecular weight excluding hydrogens is 280 g/mol. The van der Waals surface area contributed by atoms with Crippen LogP contribution in [0.3, 0.4) is 0 Å². The highest BCUT2D eigenvalue weighted by atomic mass is 32.2. The molecule has 3 N–H and O–H groups in total. The molecule has 1 fully saturated rings. The molecule has 1 aromatic heterocycles. The lowest BCUT2D eigenvalue weighted by atomic mass is 9.99. The standard InChI is InChI=1S/C12H22N4O3S/c1-3-5-15-8-11(12(13)14-15)20(18,19)16-6-4-10(17)9(2)7-16/h8-10,17H,3-7H2,1-2H3,(H2,13,14). The van der Waals surface area contributed by atoms with Gasteiger partial charge in [-0.25, -0.2) is 8.42 Å². The summed E-state index contributed by atoms with van der Waals surface area (Å²) in [6.07, 6.45) is 2.35. The van der Waals surface area contributed by atoms with Gasteiger partial charge in [-0.1, -0.05) is 13.8 Å². The van der Waals surface area contributed by atoms with Gasteiger partial charge in [0, 0.05) is 25.8 Å². The van der Waals surface area contributed by atoms with E-state index < -0.39 is 16.1 Å². The van der Waals surface area contributed by atoms with Crippen LogP contribution >= 0.6 is 0 Å². The lowest BCUT2D eigenvalue weighted by Crippen LogP contribution is -2.44. The number of nitrogens with two attached hydrogens (primary N) is 1. The number of piperidine rings is 1. The quantitative estimate of drug-likeness (QED) is 0.831. The Morgan fingerprint density at radius 1 is 1.55 bits per heavy atom. The Balaban J connectivity index is 2.26. The highest BCUT2D eigenvalue weighted by molar-refractivity contribution is 7.89. The highest BCUT2D eigenvalue weighted by Gasteiger charge is 2.34. The van der Waals surface area contributed by atoms with Crippen molar-refractivity contribution in [1.29, 1.82) is 0 Å². The fourth-order valence-corrected chi connectivity index (χ4v) is 4.03. The lowest BCUT2D eigenvalue weighted by molar-refractivity contribution is 0.0629. The third-order valence-electron chi connectivity index (χ3n) is 3.65. The van der Waals surface area contributed by atoms with Crippen molar-refractivity contribution in [2.45, 2.75) is 44.2 Å². The first-order valence-electron chi connectivity index (χ1n) is 6.87. The minimum absolute atomic E-state index is 0.0391. The van der Waals surface area contributed by atoms with Crippen molar-refractivity contribution < 1.29 is 13.5 Å². The minimum atomic E-state index is -3.63. The second kappa shape index (κ2) is 5.71. The van der Waals surface area contributed by atoms with Gasteiger partial charge in [-0.2, -0.15) is 9.40 Å². The number of nitrogens with zero attached hydrogens (tertiary/aromatic N) is 3. The first kappa shape index (κ1) is 15.3. The summed E-state index contributed by atoms with van der Waals surface area (Å²) in [6, 6.07) is 0. The Labute approximate surface area is 119 Å². The van der Waals surface area contributed by atoms with E-state index in [9.17, 15) is 13.5 Å². The van der Waals surface area contributed by atoms with Gasteiger partial charge in [0.2, 0.25) is 10.0 Å². The van der Waals surface area contributed by atoms with E-state index in [1.165, 1.54) is 10.5 Å².